The number of benzene rings is 1. The first-order valence-electron chi connectivity index (χ1n) is 3.32. The van der Waals surface area contributed by atoms with Crippen LogP contribution in [0.1, 0.15) is 15.9 Å². The number of thiol groups is 1. The largest absolute Gasteiger partial charge is 0.282 e. The van der Waals surface area contributed by atoms with Crippen LogP contribution in [0.3, 0.4) is 0 Å². The van der Waals surface area contributed by atoms with Crippen molar-refractivity contribution in [2.75, 3.05) is 0 Å². The van der Waals surface area contributed by atoms with Gasteiger partial charge in [0.25, 0.3) is 0 Å². The van der Waals surface area contributed by atoms with Crippen LogP contribution in [0.15, 0.2) is 24.3 Å². The third-order valence-corrected chi connectivity index (χ3v) is 2.37. The van der Waals surface area contributed by atoms with E-state index in [1.807, 2.05) is 0 Å². The van der Waals surface area contributed by atoms with Crippen LogP contribution in [0.25, 0.3) is 0 Å². The summed E-state index contributed by atoms with van der Waals surface area (Å²) in [6.45, 7) is 0. The van der Waals surface area contributed by atoms with Crippen LogP contribution < -0.4 is 0 Å². The highest BCUT2D eigenvalue weighted by Crippen LogP contribution is 2.37. The first-order valence-corrected chi connectivity index (χ1v) is 4.90. The summed E-state index contributed by atoms with van der Waals surface area (Å²) >= 11 is 20.5. The third-order valence-electron chi connectivity index (χ3n) is 1.46. The number of halogens is 3. The number of carbonyl (C=O) groups is 1. The molecular formula is C8H5Cl3OS. The molecule has 0 N–H and O–H groups in total. The Labute approximate surface area is 96.4 Å². The van der Waals surface area contributed by atoms with E-state index in [0.717, 1.165) is 0 Å². The molecule has 1 rings (SSSR count). The summed E-state index contributed by atoms with van der Waals surface area (Å²) in [5, 5.41) is -0.309. The number of rotatable bonds is 1. The highest BCUT2D eigenvalue weighted by molar-refractivity contribution is 7.97. The van der Waals surface area contributed by atoms with Crippen LogP contribution in [-0.4, -0.2) is 5.12 Å². The molecule has 0 spiro atoms. The minimum Gasteiger partial charge on any atom is -0.282 e. The van der Waals surface area contributed by atoms with Gasteiger partial charge < -0.3 is 0 Å². The molecule has 70 valence electrons. The van der Waals surface area contributed by atoms with Crippen molar-refractivity contribution < 1.29 is 4.79 Å². The summed E-state index contributed by atoms with van der Waals surface area (Å²) < 4.78 is -1.45. The lowest BCUT2D eigenvalue weighted by Gasteiger charge is -2.10. The van der Waals surface area contributed by atoms with E-state index >= 15 is 0 Å². The summed E-state index contributed by atoms with van der Waals surface area (Å²) in [6.07, 6.45) is 0. The van der Waals surface area contributed by atoms with Gasteiger partial charge in [0.2, 0.25) is 8.91 Å². The molecule has 0 amide bonds. The second-order valence-corrected chi connectivity index (χ2v) is 5.07. The Hall–Kier alpha value is 0.110. The van der Waals surface area contributed by atoms with Crippen molar-refractivity contribution in [1.82, 2.24) is 0 Å². The number of hydrogen-bond acceptors (Lipinski definition) is 1. The zero-order valence-electron chi connectivity index (χ0n) is 6.30. The van der Waals surface area contributed by atoms with Crippen LogP contribution in [0.5, 0.6) is 0 Å². The summed E-state index contributed by atoms with van der Waals surface area (Å²) in [4.78, 5) is 10.8. The van der Waals surface area contributed by atoms with E-state index in [0.29, 0.717) is 11.1 Å². The number of alkyl halides is 3. The van der Waals surface area contributed by atoms with Crippen LogP contribution in [0, 0.1) is 0 Å². The highest BCUT2D eigenvalue weighted by Gasteiger charge is 2.22. The molecule has 0 heterocycles. The highest BCUT2D eigenvalue weighted by atomic mass is 35.6. The van der Waals surface area contributed by atoms with E-state index in [1.54, 1.807) is 24.3 Å². The Morgan fingerprint density at radius 1 is 1.15 bits per heavy atom. The summed E-state index contributed by atoms with van der Waals surface area (Å²) in [5.74, 6) is 0. The van der Waals surface area contributed by atoms with Crippen LogP contribution >= 0.6 is 47.4 Å². The van der Waals surface area contributed by atoms with Gasteiger partial charge in [0, 0.05) is 11.1 Å². The van der Waals surface area contributed by atoms with Gasteiger partial charge in [0.1, 0.15) is 0 Å². The number of hydrogen-bond donors (Lipinski definition) is 1. The lowest BCUT2D eigenvalue weighted by molar-refractivity contribution is 0.109. The first-order chi connectivity index (χ1) is 5.91. The molecular weight excluding hydrogens is 251 g/mol. The van der Waals surface area contributed by atoms with Crippen LogP contribution in [-0.2, 0) is 3.79 Å². The SMILES string of the molecule is O=C(S)c1ccc(C(Cl)(Cl)Cl)cc1. The fourth-order valence-corrected chi connectivity index (χ4v) is 1.33. The predicted molar refractivity (Wildman–Crippen MR) is 59.0 cm³/mol. The molecule has 0 saturated carbocycles. The van der Waals surface area contributed by atoms with Crippen molar-refractivity contribution in [3.63, 3.8) is 0 Å². The summed E-state index contributed by atoms with van der Waals surface area (Å²) in [7, 11) is 0. The number of carbonyl (C=O) groups excluding carboxylic acids is 1. The smallest absolute Gasteiger partial charge is 0.216 e. The second-order valence-electron chi connectivity index (χ2n) is 2.38. The quantitative estimate of drug-likeness (QED) is 0.599. The molecule has 0 aliphatic carbocycles. The maximum Gasteiger partial charge on any atom is 0.216 e. The van der Waals surface area contributed by atoms with Crippen molar-refractivity contribution >= 4 is 52.5 Å². The third kappa shape index (κ3) is 3.06. The molecule has 0 atom stereocenters. The van der Waals surface area contributed by atoms with E-state index in [9.17, 15) is 4.79 Å². The Morgan fingerprint density at radius 3 is 1.92 bits per heavy atom. The Balaban J connectivity index is 3.01. The zero-order chi connectivity index (χ0) is 10.1. The minimum atomic E-state index is -1.45. The summed E-state index contributed by atoms with van der Waals surface area (Å²) in [6, 6.07) is 6.28. The fourth-order valence-electron chi connectivity index (χ4n) is 0.802. The molecule has 0 bridgehead atoms. The Morgan fingerprint density at radius 2 is 1.62 bits per heavy atom. The van der Waals surface area contributed by atoms with Crippen molar-refractivity contribution in [1.29, 1.82) is 0 Å². The molecule has 5 heteroatoms. The predicted octanol–water partition coefficient (Wildman–Crippen LogP) is 3.58. The molecule has 0 aliphatic rings. The van der Waals surface area contributed by atoms with Gasteiger partial charge in [-0.25, -0.2) is 0 Å². The molecule has 1 aromatic rings. The molecule has 1 aromatic carbocycles. The maximum absolute atomic E-state index is 10.8. The lowest BCUT2D eigenvalue weighted by Crippen LogP contribution is -2.00. The van der Waals surface area contributed by atoms with Crippen molar-refractivity contribution in [3.05, 3.63) is 35.4 Å². The average Bonchev–Trinajstić information content (AvgIpc) is 2.03. The minimum absolute atomic E-state index is 0.309. The van der Waals surface area contributed by atoms with E-state index in [4.69, 9.17) is 34.8 Å². The summed E-state index contributed by atoms with van der Waals surface area (Å²) in [5.41, 5.74) is 0.997. The lowest BCUT2D eigenvalue weighted by atomic mass is 10.2. The van der Waals surface area contributed by atoms with Gasteiger partial charge in [0.05, 0.1) is 0 Å². The molecule has 1 nitrogen and oxygen atoms in total. The molecule has 0 aliphatic heterocycles. The van der Waals surface area contributed by atoms with E-state index < -0.39 is 3.79 Å². The van der Waals surface area contributed by atoms with Gasteiger partial charge >= 0.3 is 0 Å². The fraction of sp³-hybridized carbons (Fsp3) is 0.125. The standard InChI is InChI=1S/C8H5Cl3OS/c9-8(10,11)6-3-1-5(2-4-6)7(12)13/h1-4H,(H,12,13). The Kier molecular flexibility index (Phi) is 3.52. The molecule has 0 fully saturated rings. The molecule has 13 heavy (non-hydrogen) atoms. The first kappa shape index (κ1) is 11.2. The maximum atomic E-state index is 10.8. The molecule has 0 aromatic heterocycles. The van der Waals surface area contributed by atoms with Crippen molar-refractivity contribution in [3.8, 4) is 0 Å². The van der Waals surface area contributed by atoms with Crippen molar-refractivity contribution in [2.45, 2.75) is 3.79 Å². The molecule has 0 unspecified atom stereocenters. The monoisotopic (exact) mass is 254 g/mol. The van der Waals surface area contributed by atoms with E-state index in [-0.39, 0.29) is 5.12 Å². The second kappa shape index (κ2) is 4.09. The zero-order valence-corrected chi connectivity index (χ0v) is 9.46. The van der Waals surface area contributed by atoms with Crippen LogP contribution in [0.2, 0.25) is 0 Å². The van der Waals surface area contributed by atoms with Gasteiger partial charge in [-0.15, -0.1) is 12.6 Å². The van der Waals surface area contributed by atoms with Crippen LogP contribution in [0.4, 0.5) is 0 Å². The molecule has 0 radical (unpaired) electrons. The van der Waals surface area contributed by atoms with Crippen molar-refractivity contribution in [2.24, 2.45) is 0 Å². The van der Waals surface area contributed by atoms with E-state index in [2.05, 4.69) is 12.6 Å². The van der Waals surface area contributed by atoms with Gasteiger partial charge in [-0.05, 0) is 0 Å². The topological polar surface area (TPSA) is 17.1 Å². The molecule has 0 saturated heterocycles. The van der Waals surface area contributed by atoms with Gasteiger partial charge in [-0.2, -0.15) is 0 Å². The van der Waals surface area contributed by atoms with E-state index in [1.165, 1.54) is 0 Å². The average molecular weight is 256 g/mol. The Bertz CT molecular complexity index is 315. The normalized spacial score (nSPS) is 11.4. The van der Waals surface area contributed by atoms with Gasteiger partial charge in [0.15, 0.2) is 0 Å². The van der Waals surface area contributed by atoms with Gasteiger partial charge in [-0.3, -0.25) is 4.79 Å². The van der Waals surface area contributed by atoms with Gasteiger partial charge in [-0.1, -0.05) is 59.1 Å².